The molecule has 0 bridgehead atoms. The van der Waals surface area contributed by atoms with Gasteiger partial charge in [0.2, 0.25) is 0 Å². The fraction of sp³-hybridized carbons (Fsp3) is 0.417. The van der Waals surface area contributed by atoms with Crippen LogP contribution >= 0.6 is 0 Å². The molecule has 4 heteroatoms. The predicted octanol–water partition coefficient (Wildman–Crippen LogP) is 1.73. The number of ether oxygens (including phenoxy) is 2. The molecule has 0 saturated carbocycles. The lowest BCUT2D eigenvalue weighted by Crippen LogP contribution is -2.24. The molecule has 0 amide bonds. The molecule has 0 heterocycles. The van der Waals surface area contributed by atoms with Gasteiger partial charge in [-0.2, -0.15) is 0 Å². The van der Waals surface area contributed by atoms with Gasteiger partial charge in [0.25, 0.3) is 0 Å². The number of anilines is 1. The van der Waals surface area contributed by atoms with Crippen molar-refractivity contribution in [3.8, 4) is 11.5 Å². The van der Waals surface area contributed by atoms with E-state index in [0.29, 0.717) is 12.3 Å². The van der Waals surface area contributed by atoms with E-state index in [9.17, 15) is 4.79 Å². The summed E-state index contributed by atoms with van der Waals surface area (Å²) in [5.41, 5.74) is 0.874. The normalized spacial score (nSPS) is 9.75. The van der Waals surface area contributed by atoms with Gasteiger partial charge >= 0.3 is 0 Å². The predicted molar refractivity (Wildman–Crippen MR) is 63.5 cm³/mol. The van der Waals surface area contributed by atoms with Crippen LogP contribution < -0.4 is 14.4 Å². The Bertz CT molecular complexity index is 377. The van der Waals surface area contributed by atoms with E-state index < -0.39 is 0 Å². The Hall–Kier alpha value is -1.71. The molecule has 0 unspecified atom stereocenters. The van der Waals surface area contributed by atoms with Crippen molar-refractivity contribution in [3.63, 3.8) is 0 Å². The van der Waals surface area contributed by atoms with E-state index in [1.807, 2.05) is 24.1 Å². The summed E-state index contributed by atoms with van der Waals surface area (Å²) in [7, 11) is 5.05. The number of rotatable bonds is 5. The van der Waals surface area contributed by atoms with Crippen molar-refractivity contribution < 1.29 is 14.3 Å². The Labute approximate surface area is 95.8 Å². The molecule has 4 nitrogen and oxygen atoms in total. The summed E-state index contributed by atoms with van der Waals surface area (Å²) in [6.07, 6.45) is 0. The third kappa shape index (κ3) is 2.89. The molecular weight excluding hydrogens is 206 g/mol. The van der Waals surface area contributed by atoms with E-state index in [-0.39, 0.29) is 5.78 Å². The summed E-state index contributed by atoms with van der Waals surface area (Å²) in [6, 6.07) is 5.51. The molecule has 1 rings (SSSR count). The number of carbonyl (C=O) groups is 1. The first-order chi connectivity index (χ1) is 7.58. The van der Waals surface area contributed by atoms with Crippen LogP contribution in [0.5, 0.6) is 11.5 Å². The largest absolute Gasteiger partial charge is 0.497 e. The highest BCUT2D eigenvalue weighted by molar-refractivity contribution is 5.81. The van der Waals surface area contributed by atoms with E-state index in [0.717, 1.165) is 11.4 Å². The van der Waals surface area contributed by atoms with E-state index in [1.54, 1.807) is 27.2 Å². The molecule has 0 radical (unpaired) electrons. The molecule has 0 N–H and O–H groups in total. The average Bonchev–Trinajstić information content (AvgIpc) is 2.27. The Morgan fingerprint density at radius 2 is 2.00 bits per heavy atom. The van der Waals surface area contributed by atoms with Gasteiger partial charge in [-0.1, -0.05) is 0 Å². The maximum Gasteiger partial charge on any atom is 0.149 e. The zero-order valence-corrected chi connectivity index (χ0v) is 10.1. The minimum absolute atomic E-state index is 0.111. The highest BCUT2D eigenvalue weighted by Gasteiger charge is 2.10. The van der Waals surface area contributed by atoms with Gasteiger partial charge in [0.05, 0.1) is 26.5 Å². The Kier molecular flexibility index (Phi) is 4.17. The van der Waals surface area contributed by atoms with Crippen LogP contribution in [0.4, 0.5) is 5.69 Å². The van der Waals surface area contributed by atoms with Crippen LogP contribution in [0.2, 0.25) is 0 Å². The molecule has 1 aromatic carbocycles. The smallest absolute Gasteiger partial charge is 0.149 e. The van der Waals surface area contributed by atoms with Crippen LogP contribution in [0.3, 0.4) is 0 Å². The highest BCUT2D eigenvalue weighted by atomic mass is 16.5. The summed E-state index contributed by atoms with van der Waals surface area (Å²) < 4.78 is 10.4. The number of hydrogen-bond acceptors (Lipinski definition) is 4. The number of hydrogen-bond donors (Lipinski definition) is 0. The number of benzene rings is 1. The summed E-state index contributed by atoms with van der Waals surface area (Å²) >= 11 is 0. The van der Waals surface area contributed by atoms with Crippen molar-refractivity contribution in [2.45, 2.75) is 6.92 Å². The van der Waals surface area contributed by atoms with Crippen molar-refractivity contribution >= 4 is 11.5 Å². The van der Waals surface area contributed by atoms with Gasteiger partial charge < -0.3 is 14.4 Å². The van der Waals surface area contributed by atoms with Crippen LogP contribution in [0.25, 0.3) is 0 Å². The average molecular weight is 223 g/mol. The third-order valence-corrected chi connectivity index (χ3v) is 2.26. The molecule has 88 valence electrons. The first kappa shape index (κ1) is 12.4. The SMILES string of the molecule is COc1ccc(N(C)CC(C)=O)c(OC)c1. The second-order valence-corrected chi connectivity index (χ2v) is 3.60. The van der Waals surface area contributed by atoms with Crippen molar-refractivity contribution in [2.24, 2.45) is 0 Å². The fourth-order valence-corrected chi connectivity index (χ4v) is 1.52. The molecule has 0 atom stereocenters. The molecule has 16 heavy (non-hydrogen) atoms. The van der Waals surface area contributed by atoms with Gasteiger partial charge in [-0.25, -0.2) is 0 Å². The van der Waals surface area contributed by atoms with Crippen LogP contribution in [0.1, 0.15) is 6.92 Å². The van der Waals surface area contributed by atoms with Crippen molar-refractivity contribution in [2.75, 3.05) is 32.7 Å². The number of ketones is 1. The number of Topliss-reactive ketones (excluding diaryl/α,β-unsaturated/α-hetero) is 1. The molecular formula is C12H17NO3. The quantitative estimate of drug-likeness (QED) is 0.762. The monoisotopic (exact) mass is 223 g/mol. The van der Waals surface area contributed by atoms with E-state index >= 15 is 0 Å². The van der Waals surface area contributed by atoms with Crippen molar-refractivity contribution in [1.29, 1.82) is 0 Å². The molecule has 0 aliphatic rings. The Morgan fingerprint density at radius 1 is 1.31 bits per heavy atom. The molecule has 0 aromatic heterocycles. The minimum Gasteiger partial charge on any atom is -0.497 e. The lowest BCUT2D eigenvalue weighted by molar-refractivity contribution is -0.115. The fourth-order valence-electron chi connectivity index (χ4n) is 1.52. The second kappa shape index (κ2) is 5.39. The van der Waals surface area contributed by atoms with Gasteiger partial charge in [0.15, 0.2) is 0 Å². The zero-order chi connectivity index (χ0) is 12.1. The van der Waals surface area contributed by atoms with Gasteiger partial charge in [0.1, 0.15) is 17.3 Å². The minimum atomic E-state index is 0.111. The number of methoxy groups -OCH3 is 2. The van der Waals surface area contributed by atoms with Gasteiger partial charge in [-0.05, 0) is 19.1 Å². The standard InChI is InChI=1S/C12H17NO3/c1-9(14)8-13(2)11-6-5-10(15-3)7-12(11)16-4/h5-7H,8H2,1-4H3. The van der Waals surface area contributed by atoms with E-state index in [2.05, 4.69) is 0 Å². The highest BCUT2D eigenvalue weighted by Crippen LogP contribution is 2.31. The van der Waals surface area contributed by atoms with Crippen molar-refractivity contribution in [1.82, 2.24) is 0 Å². The molecule has 0 aliphatic heterocycles. The van der Waals surface area contributed by atoms with Gasteiger partial charge in [0, 0.05) is 13.1 Å². The summed E-state index contributed by atoms with van der Waals surface area (Å²) in [6.45, 7) is 1.93. The van der Waals surface area contributed by atoms with Crippen LogP contribution in [-0.2, 0) is 4.79 Å². The van der Waals surface area contributed by atoms with Crippen LogP contribution in [0.15, 0.2) is 18.2 Å². The number of nitrogens with zero attached hydrogens (tertiary/aromatic N) is 1. The summed E-state index contributed by atoms with van der Waals surface area (Å²) in [4.78, 5) is 12.9. The molecule has 0 aliphatic carbocycles. The molecule has 1 aromatic rings. The van der Waals surface area contributed by atoms with E-state index in [4.69, 9.17) is 9.47 Å². The third-order valence-electron chi connectivity index (χ3n) is 2.26. The van der Waals surface area contributed by atoms with E-state index in [1.165, 1.54) is 0 Å². The lowest BCUT2D eigenvalue weighted by Gasteiger charge is -2.20. The second-order valence-electron chi connectivity index (χ2n) is 3.60. The topological polar surface area (TPSA) is 38.8 Å². The van der Waals surface area contributed by atoms with Gasteiger partial charge in [-0.3, -0.25) is 4.79 Å². The maximum absolute atomic E-state index is 11.0. The molecule has 0 fully saturated rings. The van der Waals surface area contributed by atoms with Crippen LogP contribution in [-0.4, -0.2) is 33.6 Å². The first-order valence-electron chi connectivity index (χ1n) is 5.01. The maximum atomic E-state index is 11.0. The van der Waals surface area contributed by atoms with Gasteiger partial charge in [-0.15, -0.1) is 0 Å². The van der Waals surface area contributed by atoms with Crippen molar-refractivity contribution in [3.05, 3.63) is 18.2 Å². The zero-order valence-electron chi connectivity index (χ0n) is 10.1. The number of likely N-dealkylation sites (N-methyl/N-ethyl adjacent to an activating group) is 1. The Balaban J connectivity index is 2.98. The first-order valence-corrected chi connectivity index (χ1v) is 5.01. The summed E-state index contributed by atoms with van der Waals surface area (Å²) in [5.74, 6) is 1.54. The number of carbonyl (C=O) groups excluding carboxylic acids is 1. The summed E-state index contributed by atoms with van der Waals surface area (Å²) in [5, 5.41) is 0. The molecule has 0 saturated heterocycles. The lowest BCUT2D eigenvalue weighted by atomic mass is 10.2. The van der Waals surface area contributed by atoms with Crippen LogP contribution in [0, 0.1) is 0 Å². The molecule has 0 spiro atoms. The Morgan fingerprint density at radius 3 is 2.50 bits per heavy atom.